The van der Waals surface area contributed by atoms with Gasteiger partial charge in [-0.3, -0.25) is 0 Å². The summed E-state index contributed by atoms with van der Waals surface area (Å²) in [6, 6.07) is 8.23. The lowest BCUT2D eigenvalue weighted by molar-refractivity contribution is -0.185. The van der Waals surface area contributed by atoms with Crippen LogP contribution >= 0.6 is 0 Å². The molecule has 0 aromatic heterocycles. The van der Waals surface area contributed by atoms with E-state index in [2.05, 4.69) is 0 Å². The molecule has 1 N–H and O–H groups in total. The Kier molecular flexibility index (Phi) is 5.89. The van der Waals surface area contributed by atoms with Gasteiger partial charge in [0.05, 0.1) is 17.6 Å². The number of aliphatic hydroxyl groups is 1. The fourth-order valence-corrected chi connectivity index (χ4v) is 3.67. The Labute approximate surface area is 153 Å². The van der Waals surface area contributed by atoms with Gasteiger partial charge in [0.2, 0.25) is 0 Å². The molecule has 0 amide bonds. The molecule has 1 aliphatic rings. The molecule has 0 unspecified atom stereocenters. The van der Waals surface area contributed by atoms with E-state index in [9.17, 15) is 22.0 Å². The molecule has 0 atom stereocenters. The van der Waals surface area contributed by atoms with E-state index in [0.29, 0.717) is 17.2 Å². The molecule has 0 heterocycles. The van der Waals surface area contributed by atoms with Crippen molar-refractivity contribution in [1.82, 2.24) is 0 Å². The predicted molar refractivity (Wildman–Crippen MR) is 92.1 cm³/mol. The second kappa shape index (κ2) is 8.00. The Morgan fingerprint density at radius 1 is 1.04 bits per heavy atom. The molecular formula is C20H21F5O2. The number of rotatable bonds is 5. The fraction of sp³-hybridized carbons (Fsp3) is 0.500. The predicted octanol–water partition coefficient (Wildman–Crippen LogP) is 5.81. The van der Waals surface area contributed by atoms with Crippen LogP contribution in [-0.2, 0) is 6.42 Å². The van der Waals surface area contributed by atoms with Gasteiger partial charge in [0.25, 0.3) is 6.43 Å². The summed E-state index contributed by atoms with van der Waals surface area (Å²) in [6.07, 6.45) is -6.86. The molecule has 0 aliphatic heterocycles. The molecule has 3 rings (SSSR count). The van der Waals surface area contributed by atoms with Crippen molar-refractivity contribution < 1.29 is 31.8 Å². The number of alkyl halides is 5. The van der Waals surface area contributed by atoms with E-state index in [1.54, 1.807) is 24.3 Å². The van der Waals surface area contributed by atoms with Crippen LogP contribution in [0.5, 0.6) is 5.75 Å². The fourth-order valence-electron chi connectivity index (χ4n) is 3.67. The van der Waals surface area contributed by atoms with E-state index >= 15 is 0 Å². The Bertz CT molecular complexity index is 780. The van der Waals surface area contributed by atoms with Crippen LogP contribution in [0.2, 0.25) is 0 Å². The van der Waals surface area contributed by atoms with E-state index in [-0.39, 0.29) is 43.6 Å². The van der Waals surface area contributed by atoms with Crippen molar-refractivity contribution in [1.29, 1.82) is 0 Å². The number of halogens is 5. The molecule has 2 nitrogen and oxygen atoms in total. The molecule has 2 aromatic carbocycles. The van der Waals surface area contributed by atoms with Crippen LogP contribution in [0.3, 0.4) is 0 Å². The van der Waals surface area contributed by atoms with Crippen molar-refractivity contribution in [2.24, 2.45) is 5.92 Å². The van der Waals surface area contributed by atoms with Crippen LogP contribution in [0.15, 0.2) is 30.3 Å². The zero-order chi connectivity index (χ0) is 19.6. The summed E-state index contributed by atoms with van der Waals surface area (Å²) in [4.78, 5) is 0. The summed E-state index contributed by atoms with van der Waals surface area (Å²) in [5, 5.41) is 10.0. The minimum Gasteiger partial charge on any atom is -0.490 e. The Balaban J connectivity index is 1.85. The van der Waals surface area contributed by atoms with Crippen LogP contribution in [0.4, 0.5) is 22.0 Å². The molecule has 27 heavy (non-hydrogen) atoms. The Morgan fingerprint density at radius 3 is 2.30 bits per heavy atom. The third kappa shape index (κ3) is 4.51. The maximum absolute atomic E-state index is 13.8. The quantitative estimate of drug-likeness (QED) is 0.655. The molecule has 0 saturated heterocycles. The van der Waals surface area contributed by atoms with Gasteiger partial charge in [-0.25, -0.2) is 8.78 Å². The van der Waals surface area contributed by atoms with Crippen LogP contribution < -0.4 is 4.74 Å². The largest absolute Gasteiger partial charge is 0.490 e. The maximum atomic E-state index is 13.8. The first-order chi connectivity index (χ1) is 12.8. The van der Waals surface area contributed by atoms with E-state index in [4.69, 9.17) is 9.84 Å². The highest BCUT2D eigenvalue weighted by Crippen LogP contribution is 2.41. The molecule has 0 bridgehead atoms. The van der Waals surface area contributed by atoms with Gasteiger partial charge in [-0.05, 0) is 54.5 Å². The molecular weight excluding hydrogens is 367 g/mol. The molecule has 0 spiro atoms. The average molecular weight is 388 g/mol. The summed E-state index contributed by atoms with van der Waals surface area (Å²) in [7, 11) is 0. The highest BCUT2D eigenvalue weighted by Gasteiger charge is 2.42. The number of hydrogen-bond donors (Lipinski definition) is 1. The van der Waals surface area contributed by atoms with E-state index in [1.165, 1.54) is 6.07 Å². The third-order valence-corrected chi connectivity index (χ3v) is 5.14. The van der Waals surface area contributed by atoms with Gasteiger partial charge in [-0.1, -0.05) is 24.3 Å². The summed E-state index contributed by atoms with van der Waals surface area (Å²) >= 11 is 0. The van der Waals surface area contributed by atoms with Gasteiger partial charge in [-0.2, -0.15) is 13.2 Å². The third-order valence-electron chi connectivity index (χ3n) is 5.14. The van der Waals surface area contributed by atoms with Crippen molar-refractivity contribution in [3.63, 3.8) is 0 Å². The Hall–Kier alpha value is -1.89. The van der Waals surface area contributed by atoms with Crippen molar-refractivity contribution in [2.75, 3.05) is 6.61 Å². The standard InChI is InChI=1S/C20H21F5O2/c21-19(22)18-16-11-12(9-10-26)1-2-13(16)3-8-17(18)27-15-6-4-14(5-7-15)20(23,24)25/h1-3,8,11,14-15,19,26H,4-7,9-10H2/t14-,15+. The minimum atomic E-state index is -4.22. The normalized spacial score (nSPS) is 21.0. The minimum absolute atomic E-state index is 0.0223. The van der Waals surface area contributed by atoms with Crippen LogP contribution in [0.25, 0.3) is 10.8 Å². The zero-order valence-electron chi connectivity index (χ0n) is 14.6. The van der Waals surface area contributed by atoms with Gasteiger partial charge in [0.15, 0.2) is 0 Å². The van der Waals surface area contributed by atoms with Gasteiger partial charge < -0.3 is 9.84 Å². The van der Waals surface area contributed by atoms with E-state index < -0.39 is 24.6 Å². The molecule has 1 saturated carbocycles. The summed E-state index contributed by atoms with van der Waals surface area (Å²) in [5.41, 5.74) is 0.486. The van der Waals surface area contributed by atoms with E-state index in [0.717, 1.165) is 5.56 Å². The molecule has 1 fully saturated rings. The molecule has 1 aliphatic carbocycles. The lowest BCUT2D eigenvalue weighted by Gasteiger charge is -2.30. The van der Waals surface area contributed by atoms with Gasteiger partial charge >= 0.3 is 6.18 Å². The van der Waals surface area contributed by atoms with Gasteiger partial charge in [0, 0.05) is 6.61 Å². The van der Waals surface area contributed by atoms with Crippen molar-refractivity contribution in [2.45, 2.75) is 50.8 Å². The highest BCUT2D eigenvalue weighted by atomic mass is 19.4. The van der Waals surface area contributed by atoms with Crippen LogP contribution in [-0.4, -0.2) is 24.0 Å². The molecule has 2 aromatic rings. The van der Waals surface area contributed by atoms with Crippen molar-refractivity contribution >= 4 is 10.8 Å². The number of hydrogen-bond acceptors (Lipinski definition) is 2. The van der Waals surface area contributed by atoms with Crippen LogP contribution in [0, 0.1) is 5.92 Å². The molecule has 0 radical (unpaired) electrons. The van der Waals surface area contributed by atoms with Gasteiger partial charge in [-0.15, -0.1) is 0 Å². The topological polar surface area (TPSA) is 29.5 Å². The summed E-state index contributed by atoms with van der Waals surface area (Å²) in [6.45, 7) is -0.0891. The van der Waals surface area contributed by atoms with Crippen molar-refractivity contribution in [3.8, 4) is 5.75 Å². The number of aliphatic hydroxyl groups excluding tert-OH is 1. The number of fused-ring (bicyclic) bond motifs is 1. The smallest absolute Gasteiger partial charge is 0.391 e. The SMILES string of the molecule is OCCc1ccc2ccc(O[C@H]3CC[C@@H](C(F)(F)F)CC3)c(C(F)F)c2c1. The number of benzene rings is 2. The van der Waals surface area contributed by atoms with Crippen molar-refractivity contribution in [3.05, 3.63) is 41.5 Å². The summed E-state index contributed by atoms with van der Waals surface area (Å²) < 4.78 is 71.6. The molecule has 7 heteroatoms. The molecule has 148 valence electrons. The first-order valence-corrected chi connectivity index (χ1v) is 8.97. The van der Waals surface area contributed by atoms with Gasteiger partial charge in [0.1, 0.15) is 5.75 Å². The first-order valence-electron chi connectivity index (χ1n) is 8.97. The summed E-state index contributed by atoms with van der Waals surface area (Å²) in [5.74, 6) is -1.32. The lowest BCUT2D eigenvalue weighted by Crippen LogP contribution is -2.32. The number of ether oxygens (including phenoxy) is 1. The van der Waals surface area contributed by atoms with Crippen LogP contribution in [0.1, 0.15) is 43.2 Å². The average Bonchev–Trinajstić information content (AvgIpc) is 2.61. The second-order valence-corrected chi connectivity index (χ2v) is 6.94. The Morgan fingerprint density at radius 2 is 1.70 bits per heavy atom. The maximum Gasteiger partial charge on any atom is 0.391 e. The second-order valence-electron chi connectivity index (χ2n) is 6.94. The van der Waals surface area contributed by atoms with E-state index in [1.807, 2.05) is 0 Å². The first kappa shape index (κ1) is 19.9. The highest BCUT2D eigenvalue weighted by molar-refractivity contribution is 5.88. The monoisotopic (exact) mass is 388 g/mol. The lowest BCUT2D eigenvalue weighted by atomic mass is 9.87. The zero-order valence-corrected chi connectivity index (χ0v) is 14.6.